The molecule has 174 valence electrons. The monoisotopic (exact) mass is 443 g/mol. The van der Waals surface area contributed by atoms with Crippen LogP contribution in [0.25, 0.3) is 10.9 Å². The van der Waals surface area contributed by atoms with Crippen molar-refractivity contribution in [1.82, 2.24) is 19.4 Å². The number of hydrogen-bond acceptors (Lipinski definition) is 6. The number of nitrogens with zero attached hydrogens (tertiary/aromatic N) is 4. The molecule has 0 unspecified atom stereocenters. The normalized spacial score (nSPS) is 19.9. The first-order chi connectivity index (χ1) is 15.0. The summed E-state index contributed by atoms with van der Waals surface area (Å²) < 4.78 is 7.28. The topological polar surface area (TPSA) is 101 Å². The van der Waals surface area contributed by atoms with E-state index in [4.69, 9.17) is 4.74 Å². The van der Waals surface area contributed by atoms with Crippen LogP contribution in [0.15, 0.2) is 15.8 Å². The summed E-state index contributed by atoms with van der Waals surface area (Å²) >= 11 is 0. The molecule has 3 heterocycles. The molecule has 32 heavy (non-hydrogen) atoms. The second-order valence-electron chi connectivity index (χ2n) is 10.1. The Morgan fingerprint density at radius 3 is 2.59 bits per heavy atom. The van der Waals surface area contributed by atoms with Gasteiger partial charge in [-0.1, -0.05) is 0 Å². The molecule has 0 radical (unpaired) electrons. The standard InChI is InChI=1S/C23H33N5O4/c1-13-18-16(20(29)25-21(30)28(18)15-9-10-15)12-24-19(13)27-11-7-8-17(27)14(2)26(6)22(31)32-23(3,4)5/h12,14-15,17H,7-11H2,1-6H3,(H,25,29,30)/t14-,17+/m0/s1. The van der Waals surface area contributed by atoms with Gasteiger partial charge >= 0.3 is 11.8 Å². The molecular weight excluding hydrogens is 410 g/mol. The molecule has 4 rings (SSSR count). The smallest absolute Gasteiger partial charge is 0.410 e. The molecule has 1 aliphatic carbocycles. The molecular formula is C23H33N5O4. The lowest BCUT2D eigenvalue weighted by molar-refractivity contribution is 0.0216. The zero-order valence-electron chi connectivity index (χ0n) is 19.8. The Balaban J connectivity index is 1.71. The molecule has 9 nitrogen and oxygen atoms in total. The molecule has 1 saturated heterocycles. The first-order valence-electron chi connectivity index (χ1n) is 11.4. The zero-order chi connectivity index (χ0) is 23.4. The van der Waals surface area contributed by atoms with E-state index in [1.807, 2.05) is 34.6 Å². The van der Waals surface area contributed by atoms with Crippen molar-refractivity contribution in [2.24, 2.45) is 0 Å². The van der Waals surface area contributed by atoms with Gasteiger partial charge in [-0.25, -0.2) is 14.6 Å². The summed E-state index contributed by atoms with van der Waals surface area (Å²) in [5.41, 5.74) is 0.180. The molecule has 2 aliphatic rings. The minimum atomic E-state index is -0.559. The van der Waals surface area contributed by atoms with E-state index in [1.54, 1.807) is 22.7 Å². The van der Waals surface area contributed by atoms with Gasteiger partial charge in [-0.3, -0.25) is 14.3 Å². The first kappa shape index (κ1) is 22.4. The molecule has 1 N–H and O–H groups in total. The quantitative estimate of drug-likeness (QED) is 0.780. The zero-order valence-corrected chi connectivity index (χ0v) is 19.8. The molecule has 0 spiro atoms. The Bertz CT molecular complexity index is 1160. The minimum absolute atomic E-state index is 0.0549. The number of carbonyl (C=O) groups is 1. The van der Waals surface area contributed by atoms with Gasteiger partial charge in [0.25, 0.3) is 5.56 Å². The number of H-pyrrole nitrogens is 1. The number of hydrogen-bond donors (Lipinski definition) is 1. The maximum absolute atomic E-state index is 12.6. The Morgan fingerprint density at radius 2 is 1.97 bits per heavy atom. The van der Waals surface area contributed by atoms with Gasteiger partial charge in [0.1, 0.15) is 11.4 Å². The Hall–Kier alpha value is -2.84. The van der Waals surface area contributed by atoms with Gasteiger partial charge in [-0.2, -0.15) is 0 Å². The van der Waals surface area contributed by atoms with Crippen LogP contribution in [-0.4, -0.2) is 56.8 Å². The van der Waals surface area contributed by atoms with E-state index in [1.165, 1.54) is 0 Å². The van der Waals surface area contributed by atoms with Gasteiger partial charge < -0.3 is 14.5 Å². The van der Waals surface area contributed by atoms with Crippen LogP contribution >= 0.6 is 0 Å². The number of carbonyl (C=O) groups excluding carboxylic acids is 1. The van der Waals surface area contributed by atoms with E-state index in [9.17, 15) is 14.4 Å². The van der Waals surface area contributed by atoms with Crippen molar-refractivity contribution in [2.75, 3.05) is 18.5 Å². The van der Waals surface area contributed by atoms with Gasteiger partial charge in [0.15, 0.2) is 0 Å². The number of aromatic amines is 1. The van der Waals surface area contributed by atoms with Crippen LogP contribution in [0.4, 0.5) is 10.6 Å². The second-order valence-corrected chi connectivity index (χ2v) is 10.1. The summed E-state index contributed by atoms with van der Waals surface area (Å²) in [7, 11) is 1.76. The van der Waals surface area contributed by atoms with Crippen LogP contribution in [0.2, 0.25) is 0 Å². The van der Waals surface area contributed by atoms with Gasteiger partial charge in [0.05, 0.1) is 23.0 Å². The molecule has 2 aromatic heterocycles. The predicted molar refractivity (Wildman–Crippen MR) is 123 cm³/mol. The number of likely N-dealkylation sites (N-methyl/N-ethyl adjacent to an activating group) is 1. The number of anilines is 1. The van der Waals surface area contributed by atoms with E-state index in [2.05, 4.69) is 14.9 Å². The van der Waals surface area contributed by atoms with E-state index in [0.29, 0.717) is 10.9 Å². The number of amides is 1. The van der Waals surface area contributed by atoms with Crippen molar-refractivity contribution in [3.63, 3.8) is 0 Å². The van der Waals surface area contributed by atoms with Crippen molar-refractivity contribution in [3.05, 3.63) is 32.6 Å². The van der Waals surface area contributed by atoms with Gasteiger partial charge in [0, 0.05) is 31.4 Å². The van der Waals surface area contributed by atoms with E-state index < -0.39 is 11.2 Å². The maximum atomic E-state index is 12.6. The molecule has 1 aliphatic heterocycles. The molecule has 9 heteroatoms. The van der Waals surface area contributed by atoms with Crippen molar-refractivity contribution in [3.8, 4) is 0 Å². The molecule has 2 aromatic rings. The van der Waals surface area contributed by atoms with Gasteiger partial charge in [-0.15, -0.1) is 0 Å². The van der Waals surface area contributed by atoms with Crippen LogP contribution < -0.4 is 16.1 Å². The minimum Gasteiger partial charge on any atom is -0.444 e. The summed E-state index contributed by atoms with van der Waals surface area (Å²) in [4.78, 5) is 48.6. The average molecular weight is 444 g/mol. The number of aromatic nitrogens is 3. The summed E-state index contributed by atoms with van der Waals surface area (Å²) in [5.74, 6) is 0.767. The SMILES string of the molecule is Cc1c(N2CCC[C@@H]2[C@H](C)N(C)C(=O)OC(C)(C)C)ncc2c(=O)[nH]c(=O)n(C3CC3)c12. The summed E-state index contributed by atoms with van der Waals surface area (Å²) in [5, 5.41) is 0.437. The number of fused-ring (bicyclic) bond motifs is 1. The van der Waals surface area contributed by atoms with E-state index >= 15 is 0 Å². The predicted octanol–water partition coefficient (Wildman–Crippen LogP) is 2.95. The number of pyridine rings is 1. The van der Waals surface area contributed by atoms with Crippen LogP contribution in [0.3, 0.4) is 0 Å². The Kier molecular flexibility index (Phi) is 5.55. The molecule has 1 saturated carbocycles. The maximum Gasteiger partial charge on any atom is 0.410 e. The largest absolute Gasteiger partial charge is 0.444 e. The lowest BCUT2D eigenvalue weighted by Gasteiger charge is -2.37. The van der Waals surface area contributed by atoms with Crippen LogP contribution in [0, 0.1) is 6.92 Å². The molecule has 0 aromatic carbocycles. The number of nitrogens with one attached hydrogen (secondary N) is 1. The molecule has 2 fully saturated rings. The van der Waals surface area contributed by atoms with E-state index in [-0.39, 0.29) is 29.9 Å². The number of rotatable bonds is 4. The highest BCUT2D eigenvalue weighted by Gasteiger charge is 2.36. The highest BCUT2D eigenvalue weighted by atomic mass is 16.6. The third kappa shape index (κ3) is 4.00. The Labute approximate surface area is 187 Å². The molecule has 0 bridgehead atoms. The average Bonchev–Trinajstić information content (AvgIpc) is 3.42. The fourth-order valence-corrected chi connectivity index (χ4v) is 4.68. The fraction of sp³-hybridized carbons (Fsp3) is 0.652. The summed E-state index contributed by atoms with van der Waals surface area (Å²) in [6.07, 6.45) is 4.98. The van der Waals surface area contributed by atoms with Crippen LogP contribution in [0.5, 0.6) is 0 Å². The van der Waals surface area contributed by atoms with Crippen molar-refractivity contribution in [2.45, 2.75) is 84.0 Å². The lowest BCUT2D eigenvalue weighted by Crippen LogP contribution is -2.50. The summed E-state index contributed by atoms with van der Waals surface area (Å²) in [6, 6.07) is 0.0794. The Morgan fingerprint density at radius 1 is 1.28 bits per heavy atom. The highest BCUT2D eigenvalue weighted by Crippen LogP contribution is 2.38. The van der Waals surface area contributed by atoms with Gasteiger partial charge in [0.2, 0.25) is 0 Å². The fourth-order valence-electron chi connectivity index (χ4n) is 4.68. The molecule has 1 amide bonds. The van der Waals surface area contributed by atoms with Crippen LogP contribution in [-0.2, 0) is 4.74 Å². The third-order valence-corrected chi connectivity index (χ3v) is 6.52. The van der Waals surface area contributed by atoms with Crippen LogP contribution in [0.1, 0.15) is 65.0 Å². The summed E-state index contributed by atoms with van der Waals surface area (Å²) in [6.45, 7) is 10.3. The lowest BCUT2D eigenvalue weighted by atomic mass is 10.1. The third-order valence-electron chi connectivity index (χ3n) is 6.52. The number of ether oxygens (including phenoxy) is 1. The highest BCUT2D eigenvalue weighted by molar-refractivity contribution is 5.84. The number of aryl methyl sites for hydroxylation is 1. The first-order valence-corrected chi connectivity index (χ1v) is 11.4. The van der Waals surface area contributed by atoms with Crippen molar-refractivity contribution in [1.29, 1.82) is 0 Å². The van der Waals surface area contributed by atoms with Gasteiger partial charge in [-0.05, 0) is 60.3 Å². The molecule has 2 atom stereocenters. The van der Waals surface area contributed by atoms with Crippen molar-refractivity contribution >= 4 is 22.8 Å². The van der Waals surface area contributed by atoms with Crippen molar-refractivity contribution < 1.29 is 9.53 Å². The second kappa shape index (κ2) is 7.94. The van der Waals surface area contributed by atoms with E-state index in [0.717, 1.165) is 43.6 Å².